The number of aromatic nitrogens is 2. The molecule has 0 fully saturated rings. The Hall–Kier alpha value is -2.80. The Kier molecular flexibility index (Phi) is 6.71. The number of carbonyl (C=O) groups excluding carboxylic acids is 1. The molecule has 1 aromatic heterocycles. The van der Waals surface area contributed by atoms with Gasteiger partial charge in [-0.1, -0.05) is 43.3 Å². The van der Waals surface area contributed by atoms with Gasteiger partial charge in [0.05, 0.1) is 36.1 Å². The summed E-state index contributed by atoms with van der Waals surface area (Å²) in [6.45, 7) is 2.44. The second-order valence-electron chi connectivity index (χ2n) is 6.12. The molecular formula is C21H22N2O4S. The lowest BCUT2D eigenvalue weighted by Gasteiger charge is -2.14. The van der Waals surface area contributed by atoms with Crippen LogP contribution in [0.5, 0.6) is 5.75 Å². The number of rotatable bonds is 8. The van der Waals surface area contributed by atoms with Crippen LogP contribution in [0.3, 0.4) is 0 Å². The third kappa shape index (κ3) is 4.54. The standard InChI is InChI=1S/C21H22N2O4S/c1-3-4-12-27-19(24)14-28-21-22-18-11-6-5-10-17(18)20(25)23(21)15-8-7-9-16(13-15)26-2/h5-11,13H,3-4,12,14H2,1-2H3. The molecule has 0 saturated carbocycles. The molecule has 0 amide bonds. The van der Waals surface area contributed by atoms with Crippen LogP contribution in [0.25, 0.3) is 16.6 Å². The van der Waals surface area contributed by atoms with E-state index in [2.05, 4.69) is 4.98 Å². The van der Waals surface area contributed by atoms with Gasteiger partial charge in [0.1, 0.15) is 5.75 Å². The summed E-state index contributed by atoms with van der Waals surface area (Å²) in [7, 11) is 1.57. The van der Waals surface area contributed by atoms with Gasteiger partial charge in [0.2, 0.25) is 0 Å². The first kappa shape index (κ1) is 19.9. The van der Waals surface area contributed by atoms with E-state index < -0.39 is 0 Å². The Morgan fingerprint density at radius 2 is 2.00 bits per heavy atom. The van der Waals surface area contributed by atoms with Crippen LogP contribution in [-0.4, -0.2) is 35.0 Å². The summed E-state index contributed by atoms with van der Waals surface area (Å²) >= 11 is 1.19. The smallest absolute Gasteiger partial charge is 0.316 e. The van der Waals surface area contributed by atoms with Crippen LogP contribution >= 0.6 is 11.8 Å². The number of para-hydroxylation sites is 1. The Bertz CT molecular complexity index is 1030. The van der Waals surface area contributed by atoms with Gasteiger partial charge in [-0.05, 0) is 30.7 Å². The molecule has 0 aliphatic rings. The van der Waals surface area contributed by atoms with Crippen LogP contribution in [0.4, 0.5) is 0 Å². The van der Waals surface area contributed by atoms with E-state index in [0.29, 0.717) is 34.1 Å². The molecule has 1 heterocycles. The van der Waals surface area contributed by atoms with E-state index in [4.69, 9.17) is 9.47 Å². The zero-order chi connectivity index (χ0) is 19.9. The van der Waals surface area contributed by atoms with Crippen LogP contribution in [0.1, 0.15) is 19.8 Å². The summed E-state index contributed by atoms with van der Waals surface area (Å²) in [5.41, 5.74) is 1.03. The SMILES string of the molecule is CCCCOC(=O)CSc1nc2ccccc2c(=O)n1-c1cccc(OC)c1. The Morgan fingerprint density at radius 3 is 2.79 bits per heavy atom. The topological polar surface area (TPSA) is 70.4 Å². The normalized spacial score (nSPS) is 10.8. The maximum absolute atomic E-state index is 13.2. The van der Waals surface area contributed by atoms with Crippen LogP contribution < -0.4 is 10.3 Å². The summed E-state index contributed by atoms with van der Waals surface area (Å²) < 4.78 is 12.0. The predicted molar refractivity (Wildman–Crippen MR) is 110 cm³/mol. The van der Waals surface area contributed by atoms with Crippen LogP contribution in [0.2, 0.25) is 0 Å². The molecule has 3 aromatic rings. The fraction of sp³-hybridized carbons (Fsp3) is 0.286. The van der Waals surface area contributed by atoms with Gasteiger partial charge in [-0.2, -0.15) is 0 Å². The van der Waals surface area contributed by atoms with Crippen LogP contribution in [0, 0.1) is 0 Å². The zero-order valence-electron chi connectivity index (χ0n) is 15.9. The minimum absolute atomic E-state index is 0.0818. The fourth-order valence-corrected chi connectivity index (χ4v) is 3.49. The van der Waals surface area contributed by atoms with Gasteiger partial charge >= 0.3 is 5.97 Å². The minimum atomic E-state index is -0.321. The first-order valence-electron chi connectivity index (χ1n) is 9.08. The van der Waals surface area contributed by atoms with Gasteiger partial charge in [0, 0.05) is 6.07 Å². The molecule has 0 spiro atoms. The number of hydrogen-bond donors (Lipinski definition) is 0. The maximum atomic E-state index is 13.2. The van der Waals surface area contributed by atoms with Crippen molar-refractivity contribution >= 4 is 28.6 Å². The van der Waals surface area contributed by atoms with Crippen LogP contribution in [-0.2, 0) is 9.53 Å². The van der Waals surface area contributed by atoms with Crippen LogP contribution in [0.15, 0.2) is 58.5 Å². The summed E-state index contributed by atoms with van der Waals surface area (Å²) in [6, 6.07) is 14.4. The van der Waals surface area contributed by atoms with Crippen molar-refractivity contribution in [3.05, 3.63) is 58.9 Å². The number of thioether (sulfide) groups is 1. The van der Waals surface area contributed by atoms with Crippen molar-refractivity contribution in [3.8, 4) is 11.4 Å². The fourth-order valence-electron chi connectivity index (χ4n) is 2.68. The van der Waals surface area contributed by atoms with Gasteiger partial charge in [-0.25, -0.2) is 4.98 Å². The van der Waals surface area contributed by atoms with Crippen molar-refractivity contribution in [2.45, 2.75) is 24.9 Å². The average Bonchev–Trinajstić information content (AvgIpc) is 2.72. The number of unbranched alkanes of at least 4 members (excludes halogenated alkanes) is 1. The molecule has 0 unspecified atom stereocenters. The number of carbonyl (C=O) groups is 1. The van der Waals surface area contributed by atoms with Crippen molar-refractivity contribution in [1.29, 1.82) is 0 Å². The highest BCUT2D eigenvalue weighted by molar-refractivity contribution is 7.99. The molecule has 0 radical (unpaired) electrons. The van der Waals surface area contributed by atoms with Gasteiger partial charge in [0.25, 0.3) is 5.56 Å². The molecular weight excluding hydrogens is 376 g/mol. The van der Waals surface area contributed by atoms with E-state index in [-0.39, 0.29) is 17.3 Å². The summed E-state index contributed by atoms with van der Waals surface area (Å²) in [4.78, 5) is 29.8. The van der Waals surface area contributed by atoms with Crippen molar-refractivity contribution in [1.82, 2.24) is 9.55 Å². The molecule has 2 aromatic carbocycles. The third-order valence-corrected chi connectivity index (χ3v) is 5.05. The lowest BCUT2D eigenvalue weighted by Crippen LogP contribution is -2.22. The Balaban J connectivity index is 2.00. The zero-order valence-corrected chi connectivity index (χ0v) is 16.7. The monoisotopic (exact) mass is 398 g/mol. The van der Waals surface area contributed by atoms with E-state index in [1.807, 2.05) is 25.1 Å². The molecule has 0 bridgehead atoms. The quantitative estimate of drug-likeness (QED) is 0.249. The molecule has 0 atom stereocenters. The predicted octanol–water partition coefficient (Wildman–Crippen LogP) is 3.83. The van der Waals surface area contributed by atoms with E-state index in [1.54, 1.807) is 37.4 Å². The number of esters is 1. The van der Waals surface area contributed by atoms with Gasteiger partial charge in [-0.15, -0.1) is 0 Å². The lowest BCUT2D eigenvalue weighted by molar-refractivity contribution is -0.140. The average molecular weight is 398 g/mol. The van der Waals surface area contributed by atoms with Crippen molar-refractivity contribution in [3.63, 3.8) is 0 Å². The highest BCUT2D eigenvalue weighted by Crippen LogP contribution is 2.23. The van der Waals surface area contributed by atoms with Crippen molar-refractivity contribution in [2.24, 2.45) is 0 Å². The second kappa shape index (κ2) is 9.41. The number of ether oxygens (including phenoxy) is 2. The summed E-state index contributed by atoms with van der Waals surface area (Å²) in [5, 5.41) is 0.949. The largest absolute Gasteiger partial charge is 0.497 e. The van der Waals surface area contributed by atoms with Gasteiger partial charge in [0.15, 0.2) is 5.16 Å². The highest BCUT2D eigenvalue weighted by Gasteiger charge is 2.15. The maximum Gasteiger partial charge on any atom is 0.316 e. The first-order valence-corrected chi connectivity index (χ1v) is 10.1. The van der Waals surface area contributed by atoms with Gasteiger partial charge < -0.3 is 9.47 Å². The van der Waals surface area contributed by atoms with Crippen molar-refractivity contribution in [2.75, 3.05) is 19.5 Å². The van der Waals surface area contributed by atoms with E-state index in [0.717, 1.165) is 12.8 Å². The second-order valence-corrected chi connectivity index (χ2v) is 7.06. The molecule has 0 N–H and O–H groups in total. The van der Waals surface area contributed by atoms with E-state index >= 15 is 0 Å². The third-order valence-electron chi connectivity index (χ3n) is 4.14. The first-order chi connectivity index (χ1) is 13.6. The molecule has 28 heavy (non-hydrogen) atoms. The molecule has 0 aliphatic carbocycles. The number of nitrogens with zero attached hydrogens (tertiary/aromatic N) is 2. The molecule has 146 valence electrons. The summed E-state index contributed by atoms with van der Waals surface area (Å²) in [5.74, 6) is 0.392. The Labute approximate surface area is 167 Å². The molecule has 6 nitrogen and oxygen atoms in total. The number of benzene rings is 2. The van der Waals surface area contributed by atoms with Crippen molar-refractivity contribution < 1.29 is 14.3 Å². The molecule has 3 rings (SSSR count). The van der Waals surface area contributed by atoms with E-state index in [9.17, 15) is 9.59 Å². The summed E-state index contributed by atoms with van der Waals surface area (Å²) in [6.07, 6.45) is 1.79. The number of methoxy groups -OCH3 is 1. The molecule has 0 saturated heterocycles. The molecule has 7 heteroatoms. The van der Waals surface area contributed by atoms with E-state index in [1.165, 1.54) is 16.3 Å². The van der Waals surface area contributed by atoms with Gasteiger partial charge in [-0.3, -0.25) is 14.2 Å². The molecule has 0 aliphatic heterocycles. The minimum Gasteiger partial charge on any atom is -0.497 e. The lowest BCUT2D eigenvalue weighted by atomic mass is 10.2. The highest BCUT2D eigenvalue weighted by atomic mass is 32.2. The Morgan fingerprint density at radius 1 is 1.18 bits per heavy atom. The number of fused-ring (bicyclic) bond motifs is 1. The number of hydrogen-bond acceptors (Lipinski definition) is 6.